The molecule has 11 heteroatoms. The fourth-order valence-electron chi connectivity index (χ4n) is 7.81. The molecular formula is C33H58N2O9. The van der Waals surface area contributed by atoms with Gasteiger partial charge >= 0.3 is 11.9 Å². The maximum Gasteiger partial charge on any atom is 0.316 e. The van der Waals surface area contributed by atoms with Gasteiger partial charge in [0.15, 0.2) is 12.1 Å². The summed E-state index contributed by atoms with van der Waals surface area (Å²) in [6.07, 6.45) is -0.505. The van der Waals surface area contributed by atoms with Gasteiger partial charge in [0, 0.05) is 31.5 Å². The van der Waals surface area contributed by atoms with Crippen LogP contribution in [0.1, 0.15) is 87.0 Å². The number of rotatable bonds is 6. The molecule has 3 aliphatic heterocycles. The second-order valence-corrected chi connectivity index (χ2v) is 14.3. The Kier molecular flexibility index (Phi) is 12.4. The summed E-state index contributed by atoms with van der Waals surface area (Å²) in [5.41, 5.74) is 4.03. The van der Waals surface area contributed by atoms with Crippen molar-refractivity contribution in [2.75, 3.05) is 27.7 Å². The number of carbonyl (C=O) groups excluding carboxylic acids is 3. The summed E-state index contributed by atoms with van der Waals surface area (Å²) in [6, 6.07) is -0.264. The van der Waals surface area contributed by atoms with E-state index in [1.54, 1.807) is 14.0 Å². The molecule has 0 aliphatic carbocycles. The molecule has 0 radical (unpaired) electrons. The van der Waals surface area contributed by atoms with Crippen LogP contribution in [-0.4, -0.2) is 103 Å². The average Bonchev–Trinajstić information content (AvgIpc) is 3.30. The number of carbonyl (C=O) groups is 3. The highest BCUT2D eigenvalue weighted by atomic mass is 16.7. The van der Waals surface area contributed by atoms with Gasteiger partial charge in [0.1, 0.15) is 23.7 Å². The molecule has 3 fully saturated rings. The topological polar surface area (TPSA) is 147 Å². The fraction of sp³-hybridized carbons (Fsp3) is 0.909. The van der Waals surface area contributed by atoms with Crippen molar-refractivity contribution in [2.24, 2.45) is 35.3 Å². The molecule has 11 nitrogen and oxygen atoms in total. The number of ketones is 1. The lowest BCUT2D eigenvalue weighted by Crippen LogP contribution is -2.60. The van der Waals surface area contributed by atoms with Crippen LogP contribution in [0.2, 0.25) is 0 Å². The zero-order valence-corrected chi connectivity index (χ0v) is 28.5. The molecule has 254 valence electrons. The summed E-state index contributed by atoms with van der Waals surface area (Å²) < 4.78 is 30.8. The fourth-order valence-corrected chi connectivity index (χ4v) is 7.81. The van der Waals surface area contributed by atoms with Crippen LogP contribution < -0.4 is 5.73 Å². The maximum absolute atomic E-state index is 14.1. The molecule has 3 heterocycles. The van der Waals surface area contributed by atoms with E-state index in [2.05, 4.69) is 13.8 Å². The Labute approximate surface area is 263 Å². The lowest BCUT2D eigenvalue weighted by atomic mass is 9.73. The van der Waals surface area contributed by atoms with Crippen LogP contribution in [0, 0.1) is 29.6 Å². The molecule has 3 N–H and O–H groups in total. The molecule has 0 aromatic heterocycles. The van der Waals surface area contributed by atoms with Gasteiger partial charge in [-0.15, -0.1) is 0 Å². The molecule has 3 saturated heterocycles. The quantitative estimate of drug-likeness (QED) is 0.331. The van der Waals surface area contributed by atoms with Gasteiger partial charge in [0.2, 0.25) is 0 Å². The van der Waals surface area contributed by atoms with Crippen molar-refractivity contribution in [1.82, 2.24) is 4.90 Å². The number of likely N-dealkylation sites (N-methyl/N-ethyl adjacent to an activating group) is 1. The Bertz CT molecular complexity index is 1010. The molecule has 0 saturated carbocycles. The van der Waals surface area contributed by atoms with E-state index < -0.39 is 53.6 Å². The smallest absolute Gasteiger partial charge is 0.316 e. The summed E-state index contributed by atoms with van der Waals surface area (Å²) in [7, 11) is 5.36. The van der Waals surface area contributed by atoms with E-state index in [-0.39, 0.29) is 54.6 Å². The van der Waals surface area contributed by atoms with Gasteiger partial charge in [-0.05, 0) is 66.0 Å². The number of cyclic esters (lactones) is 1. The first kappa shape index (κ1) is 36.8. The van der Waals surface area contributed by atoms with Crippen molar-refractivity contribution in [3.05, 3.63) is 0 Å². The second-order valence-electron chi connectivity index (χ2n) is 14.3. The first-order chi connectivity index (χ1) is 20.5. The molecule has 2 unspecified atom stereocenters. The molecule has 0 bridgehead atoms. The summed E-state index contributed by atoms with van der Waals surface area (Å²) in [5, 5.41) is 11.3. The Morgan fingerprint density at radius 2 is 1.75 bits per heavy atom. The first-order valence-corrected chi connectivity index (χ1v) is 16.4. The van der Waals surface area contributed by atoms with Gasteiger partial charge in [-0.25, -0.2) is 0 Å². The minimum Gasteiger partial charge on any atom is -0.458 e. The predicted molar refractivity (Wildman–Crippen MR) is 164 cm³/mol. The minimum absolute atomic E-state index is 0.118. The predicted octanol–water partition coefficient (Wildman–Crippen LogP) is 3.08. The number of ether oxygens (including phenoxy) is 5. The zero-order valence-electron chi connectivity index (χ0n) is 28.5. The molecule has 0 spiro atoms. The molecule has 0 amide bonds. The largest absolute Gasteiger partial charge is 0.458 e. The number of aliphatic hydroxyl groups is 1. The van der Waals surface area contributed by atoms with Crippen LogP contribution >= 0.6 is 0 Å². The van der Waals surface area contributed by atoms with E-state index >= 15 is 0 Å². The Morgan fingerprint density at radius 1 is 1.09 bits per heavy atom. The van der Waals surface area contributed by atoms with E-state index in [4.69, 9.17) is 29.4 Å². The van der Waals surface area contributed by atoms with E-state index in [1.165, 1.54) is 6.92 Å². The number of fused-ring (bicyclic) bond motifs is 1. The molecule has 0 aromatic rings. The number of nitrogens with zero attached hydrogens (tertiary/aromatic N) is 1. The van der Waals surface area contributed by atoms with Crippen LogP contribution in [0.5, 0.6) is 0 Å². The monoisotopic (exact) mass is 626 g/mol. The third-order valence-electron chi connectivity index (χ3n) is 10.7. The SMILES string of the molecule is CC[C@H]1OC(=O)C(C)C(=O)[C@H](C)[C@@H](O[C@@H]2O[C@H](CN)CC(N(C)C)[C@H]2O)[C@](C)(OC)C[C@@H](C)CC[C@H](C)[C@H]2CC(=O)O[C@@]21C. The third kappa shape index (κ3) is 7.66. The van der Waals surface area contributed by atoms with Gasteiger partial charge in [0.05, 0.1) is 24.2 Å². The number of nitrogens with two attached hydrogens (primary N) is 1. The first-order valence-electron chi connectivity index (χ1n) is 16.4. The number of hydrogen-bond acceptors (Lipinski definition) is 11. The van der Waals surface area contributed by atoms with Gasteiger partial charge in [-0.3, -0.25) is 14.4 Å². The van der Waals surface area contributed by atoms with Gasteiger partial charge < -0.3 is 39.4 Å². The normalized spacial score (nSPS) is 44.8. The summed E-state index contributed by atoms with van der Waals surface area (Å²) >= 11 is 0. The van der Waals surface area contributed by atoms with Crippen molar-refractivity contribution >= 4 is 17.7 Å². The highest BCUT2D eigenvalue weighted by Gasteiger charge is 2.55. The highest BCUT2D eigenvalue weighted by Crippen LogP contribution is 2.45. The van der Waals surface area contributed by atoms with Crippen LogP contribution in [0.3, 0.4) is 0 Å². The average molecular weight is 627 g/mol. The Hall–Kier alpha value is -1.63. The summed E-state index contributed by atoms with van der Waals surface area (Å²) in [5.74, 6) is -3.13. The zero-order chi connectivity index (χ0) is 33.1. The molecule has 44 heavy (non-hydrogen) atoms. The van der Waals surface area contributed by atoms with Crippen molar-refractivity contribution in [1.29, 1.82) is 0 Å². The van der Waals surface area contributed by atoms with E-state index in [1.807, 2.05) is 39.8 Å². The third-order valence-corrected chi connectivity index (χ3v) is 10.7. The van der Waals surface area contributed by atoms with Crippen LogP contribution in [0.25, 0.3) is 0 Å². The molecule has 3 rings (SSSR count). The molecular weight excluding hydrogens is 568 g/mol. The van der Waals surface area contributed by atoms with E-state index in [9.17, 15) is 19.5 Å². The maximum atomic E-state index is 14.1. The van der Waals surface area contributed by atoms with Gasteiger partial charge in [0.25, 0.3) is 0 Å². The van der Waals surface area contributed by atoms with E-state index in [0.29, 0.717) is 19.3 Å². The number of hydrogen-bond donors (Lipinski definition) is 2. The lowest BCUT2D eigenvalue weighted by Gasteiger charge is -2.47. The highest BCUT2D eigenvalue weighted by molar-refractivity contribution is 6.00. The van der Waals surface area contributed by atoms with Gasteiger partial charge in [-0.2, -0.15) is 0 Å². The number of Topliss-reactive ketones (excluding diaryl/α,β-unsaturated/α-hetero) is 1. The standard InChI is InChI=1S/C33H58N2O9/c1-11-25-33(7)23(15-26(36)44-33)19(3)13-12-18(2)16-32(6,40-10)29(20(4)27(37)21(5)30(39)42-25)43-31-28(38)24(35(8)9)14-22(17-34)41-31/h18-25,28-29,31,38H,11-17,34H2,1-10H3/t18-,19-,20-,21?,22-,23+,24?,25+,28+,29+,31-,32+,33-/m0/s1. The number of esters is 2. The Balaban J connectivity index is 2.03. The molecule has 0 aromatic carbocycles. The number of methoxy groups -OCH3 is 1. The molecule has 13 atom stereocenters. The van der Waals surface area contributed by atoms with Gasteiger partial charge in [-0.1, -0.05) is 40.5 Å². The van der Waals surface area contributed by atoms with Crippen molar-refractivity contribution < 1.29 is 43.2 Å². The van der Waals surface area contributed by atoms with Crippen molar-refractivity contribution in [2.45, 2.75) is 135 Å². The minimum atomic E-state index is -1.12. The van der Waals surface area contributed by atoms with Crippen LogP contribution in [0.15, 0.2) is 0 Å². The van der Waals surface area contributed by atoms with Crippen molar-refractivity contribution in [3.8, 4) is 0 Å². The lowest BCUT2D eigenvalue weighted by molar-refractivity contribution is -0.296. The summed E-state index contributed by atoms with van der Waals surface area (Å²) in [4.78, 5) is 42.1. The number of aliphatic hydroxyl groups excluding tert-OH is 1. The molecule has 3 aliphatic rings. The summed E-state index contributed by atoms with van der Waals surface area (Å²) in [6.45, 7) is 13.4. The Morgan fingerprint density at radius 3 is 2.32 bits per heavy atom. The second kappa shape index (κ2) is 14.9. The van der Waals surface area contributed by atoms with Crippen LogP contribution in [0.4, 0.5) is 0 Å². The van der Waals surface area contributed by atoms with Crippen molar-refractivity contribution in [3.63, 3.8) is 0 Å². The van der Waals surface area contributed by atoms with E-state index in [0.717, 1.165) is 12.8 Å². The van der Waals surface area contributed by atoms with Crippen LogP contribution in [-0.2, 0) is 38.1 Å².